The van der Waals surface area contributed by atoms with E-state index in [1.807, 2.05) is 0 Å². The molecular weight excluding hydrogens is 568 g/mol. The van der Waals surface area contributed by atoms with Gasteiger partial charge < -0.3 is 19.5 Å². The topological polar surface area (TPSA) is 177 Å². The lowest BCUT2D eigenvalue weighted by molar-refractivity contribution is -0.384. The second-order valence-electron chi connectivity index (χ2n) is 10.8. The van der Waals surface area contributed by atoms with Crippen LogP contribution in [0.1, 0.15) is 62.3 Å². The van der Waals surface area contributed by atoms with Gasteiger partial charge in [0, 0.05) is 23.4 Å². The van der Waals surface area contributed by atoms with Gasteiger partial charge in [0.1, 0.15) is 16.2 Å². The highest BCUT2D eigenvalue weighted by molar-refractivity contribution is 7.86. The number of hydrogen-bond acceptors (Lipinski definition) is 12. The standard InChI is InChI=1S/C25H30N2O11S2/c1-24(2,3)37-22(29)19-17-11-15(12-36-40(33,34)16-9-7-14(8-10-16)27(31)32)35-13-18(17)39-21(19)26-20(28)23(30)38-25(4,5)6/h7-10,15H,11-13H2,1-6H3,(H,26,28). The minimum atomic E-state index is -4.27. The Morgan fingerprint density at radius 1 is 1.07 bits per heavy atom. The summed E-state index contributed by atoms with van der Waals surface area (Å²) in [5.74, 6) is -2.95. The number of amides is 1. The van der Waals surface area contributed by atoms with E-state index < -0.39 is 56.8 Å². The van der Waals surface area contributed by atoms with Crippen molar-refractivity contribution in [2.75, 3.05) is 11.9 Å². The Kier molecular flexibility index (Phi) is 9.03. The van der Waals surface area contributed by atoms with Crippen LogP contribution in [0.15, 0.2) is 29.2 Å². The fourth-order valence-corrected chi connectivity index (χ4v) is 5.58. The molecule has 1 aliphatic rings. The van der Waals surface area contributed by atoms with Crippen LogP contribution >= 0.6 is 11.3 Å². The molecule has 0 spiro atoms. The third-order valence-electron chi connectivity index (χ3n) is 5.13. The van der Waals surface area contributed by atoms with E-state index in [1.165, 1.54) is 0 Å². The fourth-order valence-electron chi connectivity index (χ4n) is 3.51. The van der Waals surface area contributed by atoms with Crippen molar-refractivity contribution < 1.29 is 46.1 Å². The minimum absolute atomic E-state index is 0.0241. The van der Waals surface area contributed by atoms with Crippen molar-refractivity contribution in [3.63, 3.8) is 0 Å². The van der Waals surface area contributed by atoms with E-state index >= 15 is 0 Å². The lowest BCUT2D eigenvalue weighted by atomic mass is 10.0. The van der Waals surface area contributed by atoms with E-state index in [9.17, 15) is 32.9 Å². The average molecular weight is 599 g/mol. The minimum Gasteiger partial charge on any atom is -0.456 e. The lowest BCUT2D eigenvalue weighted by Crippen LogP contribution is -2.33. The zero-order valence-corrected chi connectivity index (χ0v) is 24.4. The summed E-state index contributed by atoms with van der Waals surface area (Å²) in [5, 5.41) is 13.3. The molecule has 3 rings (SSSR count). The third-order valence-corrected chi connectivity index (χ3v) is 7.55. The van der Waals surface area contributed by atoms with Crippen LogP contribution in [0.5, 0.6) is 0 Å². The lowest BCUT2D eigenvalue weighted by Gasteiger charge is -2.24. The van der Waals surface area contributed by atoms with Gasteiger partial charge in [0.05, 0.1) is 34.7 Å². The van der Waals surface area contributed by atoms with Crippen molar-refractivity contribution >= 4 is 50.0 Å². The van der Waals surface area contributed by atoms with Crippen LogP contribution in [0.3, 0.4) is 0 Å². The summed E-state index contributed by atoms with van der Waals surface area (Å²) in [4.78, 5) is 48.4. The number of thiophene rings is 1. The molecule has 0 saturated heterocycles. The number of nitro benzene ring substituents is 1. The number of nitrogens with one attached hydrogen (secondary N) is 1. The maximum Gasteiger partial charge on any atom is 0.397 e. The monoisotopic (exact) mass is 598 g/mol. The van der Waals surface area contributed by atoms with E-state index in [4.69, 9.17) is 18.4 Å². The number of esters is 2. The smallest absolute Gasteiger partial charge is 0.397 e. The number of nitro groups is 1. The molecule has 2 heterocycles. The molecule has 1 aliphatic heterocycles. The summed E-state index contributed by atoms with van der Waals surface area (Å²) in [6, 6.07) is 4.22. The summed E-state index contributed by atoms with van der Waals surface area (Å²) in [5.41, 5.74) is -1.56. The molecule has 1 amide bonds. The molecule has 13 nitrogen and oxygen atoms in total. The first-order chi connectivity index (χ1) is 18.4. The Balaban J connectivity index is 1.82. The highest BCUT2D eigenvalue weighted by Gasteiger charge is 2.35. The van der Waals surface area contributed by atoms with Gasteiger partial charge in [-0.2, -0.15) is 8.42 Å². The first kappa shape index (κ1) is 31.1. The summed E-state index contributed by atoms with van der Waals surface area (Å²) in [7, 11) is -4.27. The van der Waals surface area contributed by atoms with E-state index in [-0.39, 0.29) is 34.2 Å². The van der Waals surface area contributed by atoms with Crippen LogP contribution < -0.4 is 5.32 Å². The number of ether oxygens (including phenoxy) is 3. The Morgan fingerprint density at radius 2 is 1.68 bits per heavy atom. The Labute approximate surface area is 235 Å². The predicted octanol–water partition coefficient (Wildman–Crippen LogP) is 3.74. The fraction of sp³-hybridized carbons (Fsp3) is 0.480. The zero-order chi connectivity index (χ0) is 30.0. The number of fused-ring (bicyclic) bond motifs is 1. The number of hydrogen-bond donors (Lipinski definition) is 1. The van der Waals surface area contributed by atoms with Gasteiger partial charge in [0.15, 0.2) is 0 Å². The second-order valence-corrected chi connectivity index (χ2v) is 13.5. The van der Waals surface area contributed by atoms with Crippen molar-refractivity contribution in [3.05, 3.63) is 50.4 Å². The number of nitrogens with zero attached hydrogens (tertiary/aromatic N) is 1. The second kappa shape index (κ2) is 11.6. The van der Waals surface area contributed by atoms with Crippen LogP contribution in [-0.4, -0.2) is 55.1 Å². The quantitative estimate of drug-likeness (QED) is 0.161. The normalized spacial score (nSPS) is 15.6. The van der Waals surface area contributed by atoms with Crippen molar-refractivity contribution in [2.45, 2.75) is 76.8 Å². The SMILES string of the molecule is CC(C)(C)OC(=O)C(=O)Nc1sc2c(c1C(=O)OC(C)(C)C)CC(COS(=O)(=O)c1ccc([N+](=O)[O-])cc1)OC2. The molecule has 2 aromatic rings. The number of anilines is 1. The molecule has 0 fully saturated rings. The van der Waals surface area contributed by atoms with Crippen LogP contribution in [0.4, 0.5) is 10.7 Å². The molecule has 1 aromatic heterocycles. The van der Waals surface area contributed by atoms with Gasteiger partial charge in [0.25, 0.3) is 15.8 Å². The number of benzene rings is 1. The summed E-state index contributed by atoms with van der Waals surface area (Å²) >= 11 is 1.03. The molecule has 40 heavy (non-hydrogen) atoms. The van der Waals surface area contributed by atoms with Crippen molar-refractivity contribution in [1.29, 1.82) is 0 Å². The Bertz CT molecular complexity index is 1420. The van der Waals surface area contributed by atoms with Crippen molar-refractivity contribution in [1.82, 2.24) is 0 Å². The van der Waals surface area contributed by atoms with Crippen LogP contribution in [0.2, 0.25) is 0 Å². The van der Waals surface area contributed by atoms with E-state index in [0.29, 0.717) is 10.4 Å². The zero-order valence-electron chi connectivity index (χ0n) is 22.8. The number of carbonyl (C=O) groups is 3. The van der Waals surface area contributed by atoms with Gasteiger partial charge in [-0.1, -0.05) is 0 Å². The summed E-state index contributed by atoms with van der Waals surface area (Å²) in [6.45, 7) is 9.40. The third kappa shape index (κ3) is 8.06. The summed E-state index contributed by atoms with van der Waals surface area (Å²) < 4.78 is 46.7. The maximum absolute atomic E-state index is 13.2. The summed E-state index contributed by atoms with van der Waals surface area (Å²) in [6.07, 6.45) is -0.760. The molecule has 15 heteroatoms. The van der Waals surface area contributed by atoms with Crippen LogP contribution in [0.25, 0.3) is 0 Å². The van der Waals surface area contributed by atoms with Crippen LogP contribution in [0, 0.1) is 10.1 Å². The Morgan fingerprint density at radius 3 is 2.23 bits per heavy atom. The van der Waals surface area contributed by atoms with Crippen LogP contribution in [-0.2, 0) is 51.1 Å². The van der Waals surface area contributed by atoms with E-state index in [2.05, 4.69) is 5.32 Å². The van der Waals surface area contributed by atoms with Gasteiger partial charge in [-0.25, -0.2) is 9.59 Å². The van der Waals surface area contributed by atoms with Crippen molar-refractivity contribution in [2.24, 2.45) is 0 Å². The maximum atomic E-state index is 13.2. The first-order valence-corrected chi connectivity index (χ1v) is 14.3. The van der Waals surface area contributed by atoms with E-state index in [1.54, 1.807) is 41.5 Å². The number of rotatable bonds is 7. The van der Waals surface area contributed by atoms with E-state index in [0.717, 1.165) is 35.6 Å². The molecule has 218 valence electrons. The molecule has 1 atom stereocenters. The molecule has 1 unspecified atom stereocenters. The average Bonchev–Trinajstić information content (AvgIpc) is 3.17. The predicted molar refractivity (Wildman–Crippen MR) is 142 cm³/mol. The number of carbonyl (C=O) groups excluding carboxylic acids is 3. The van der Waals surface area contributed by atoms with Gasteiger partial charge in [-0.3, -0.25) is 19.1 Å². The van der Waals surface area contributed by atoms with Gasteiger partial charge >= 0.3 is 17.8 Å². The molecule has 0 bridgehead atoms. The molecule has 1 N–H and O–H groups in total. The molecular formula is C25H30N2O11S2. The van der Waals surface area contributed by atoms with Gasteiger partial charge in [-0.05, 0) is 59.2 Å². The highest BCUT2D eigenvalue weighted by Crippen LogP contribution is 2.39. The van der Waals surface area contributed by atoms with Crippen molar-refractivity contribution in [3.8, 4) is 0 Å². The van der Waals surface area contributed by atoms with Gasteiger partial charge in [0.2, 0.25) is 0 Å². The highest BCUT2D eigenvalue weighted by atomic mass is 32.2. The molecule has 1 aromatic carbocycles. The number of non-ortho nitro benzene ring substituents is 1. The first-order valence-electron chi connectivity index (χ1n) is 12.0. The largest absolute Gasteiger partial charge is 0.456 e. The Hall–Kier alpha value is -3.40. The molecule has 0 aliphatic carbocycles. The molecule has 0 saturated carbocycles. The van der Waals surface area contributed by atoms with Gasteiger partial charge in [-0.15, -0.1) is 11.3 Å². The molecule has 0 radical (unpaired) electrons.